The van der Waals surface area contributed by atoms with Crippen LogP contribution in [0.1, 0.15) is 57.6 Å². The van der Waals surface area contributed by atoms with Crippen LogP contribution in [0.2, 0.25) is 0 Å². The zero-order valence-corrected chi connectivity index (χ0v) is 12.8. The van der Waals surface area contributed by atoms with E-state index in [-0.39, 0.29) is 22.7 Å². The second-order valence-electron chi connectivity index (χ2n) is 6.80. The van der Waals surface area contributed by atoms with Gasteiger partial charge in [-0.25, -0.2) is 9.37 Å². The smallest absolute Gasteiger partial charge is 0.273 e. The van der Waals surface area contributed by atoms with Crippen molar-refractivity contribution >= 4 is 5.91 Å². The molecule has 0 unspecified atom stereocenters. The molecule has 0 saturated carbocycles. The zero-order valence-electron chi connectivity index (χ0n) is 12.8. The van der Waals surface area contributed by atoms with Gasteiger partial charge in [0.1, 0.15) is 11.5 Å². The maximum Gasteiger partial charge on any atom is 0.273 e. The Morgan fingerprint density at radius 3 is 2.00 bits per heavy atom. The van der Waals surface area contributed by atoms with E-state index in [0.29, 0.717) is 5.56 Å². The predicted octanol–water partition coefficient (Wildman–Crippen LogP) is 3.57. The Hall–Kier alpha value is -1.45. The fourth-order valence-corrected chi connectivity index (χ4v) is 2.39. The van der Waals surface area contributed by atoms with Crippen LogP contribution < -0.4 is 0 Å². The highest BCUT2D eigenvalue weighted by Gasteiger charge is 2.36. The fraction of sp³-hybridized carbons (Fsp3) is 0.600. The third-order valence-corrected chi connectivity index (χ3v) is 2.81. The van der Waals surface area contributed by atoms with Crippen molar-refractivity contribution in [1.82, 2.24) is 9.88 Å². The standard InChI is InChI=1S/C15H23FN2O/c1-10-8-12(17-9-11(10)16)13(19)18(14(2,3)4)15(5,6)7/h8-9H,1-7H3. The van der Waals surface area contributed by atoms with Gasteiger partial charge >= 0.3 is 0 Å². The van der Waals surface area contributed by atoms with E-state index in [9.17, 15) is 9.18 Å². The first-order valence-electron chi connectivity index (χ1n) is 6.41. The summed E-state index contributed by atoms with van der Waals surface area (Å²) in [5.74, 6) is -0.572. The molecule has 0 aliphatic heterocycles. The maximum absolute atomic E-state index is 13.2. The van der Waals surface area contributed by atoms with Gasteiger partial charge in [-0.3, -0.25) is 4.79 Å². The fourth-order valence-electron chi connectivity index (χ4n) is 2.39. The first-order chi connectivity index (χ1) is 8.44. The molecule has 1 amide bonds. The van der Waals surface area contributed by atoms with Crippen LogP contribution in [0.4, 0.5) is 4.39 Å². The van der Waals surface area contributed by atoms with E-state index in [1.54, 1.807) is 11.8 Å². The minimum atomic E-state index is -0.394. The van der Waals surface area contributed by atoms with E-state index in [2.05, 4.69) is 4.98 Å². The normalized spacial score (nSPS) is 12.4. The first-order valence-corrected chi connectivity index (χ1v) is 6.41. The van der Waals surface area contributed by atoms with Crippen LogP contribution in [-0.2, 0) is 0 Å². The molecule has 0 aromatic carbocycles. The number of aryl methyl sites for hydroxylation is 1. The number of carbonyl (C=O) groups excluding carboxylic acids is 1. The summed E-state index contributed by atoms with van der Waals surface area (Å²) in [6.45, 7) is 13.5. The molecular weight excluding hydrogens is 243 g/mol. The van der Waals surface area contributed by atoms with Gasteiger partial charge in [0.15, 0.2) is 0 Å². The Kier molecular flexibility index (Phi) is 4.03. The molecule has 4 heteroatoms. The van der Waals surface area contributed by atoms with Crippen molar-refractivity contribution in [2.75, 3.05) is 0 Å². The Morgan fingerprint density at radius 1 is 1.16 bits per heavy atom. The maximum atomic E-state index is 13.2. The predicted molar refractivity (Wildman–Crippen MR) is 74.6 cm³/mol. The molecular formula is C15H23FN2O. The minimum absolute atomic E-state index is 0.178. The van der Waals surface area contributed by atoms with Crippen molar-refractivity contribution in [2.45, 2.75) is 59.5 Å². The summed E-state index contributed by atoms with van der Waals surface area (Å²) < 4.78 is 13.2. The van der Waals surface area contributed by atoms with Gasteiger partial charge in [0.2, 0.25) is 0 Å². The number of carbonyl (C=O) groups is 1. The van der Waals surface area contributed by atoms with E-state index in [1.807, 2.05) is 41.5 Å². The summed E-state index contributed by atoms with van der Waals surface area (Å²) in [6.07, 6.45) is 1.10. The minimum Gasteiger partial charge on any atom is -0.328 e. The Balaban J connectivity index is 3.24. The van der Waals surface area contributed by atoms with Crippen LogP contribution in [0.25, 0.3) is 0 Å². The van der Waals surface area contributed by atoms with Crippen molar-refractivity contribution in [3.05, 3.63) is 29.3 Å². The van der Waals surface area contributed by atoms with E-state index in [0.717, 1.165) is 6.20 Å². The van der Waals surface area contributed by atoms with Crippen LogP contribution in [0.15, 0.2) is 12.3 Å². The third-order valence-electron chi connectivity index (χ3n) is 2.81. The summed E-state index contributed by atoms with van der Waals surface area (Å²) in [6, 6.07) is 1.50. The largest absolute Gasteiger partial charge is 0.328 e. The van der Waals surface area contributed by atoms with Crippen molar-refractivity contribution in [3.63, 3.8) is 0 Å². The number of nitrogens with zero attached hydrogens (tertiary/aromatic N) is 2. The number of aromatic nitrogens is 1. The monoisotopic (exact) mass is 266 g/mol. The molecule has 0 saturated heterocycles. The zero-order chi connectivity index (χ0) is 15.0. The molecule has 0 atom stereocenters. The van der Waals surface area contributed by atoms with E-state index in [4.69, 9.17) is 0 Å². The molecule has 19 heavy (non-hydrogen) atoms. The summed E-state index contributed by atoms with van der Waals surface area (Å²) in [5.41, 5.74) is 0.0448. The van der Waals surface area contributed by atoms with Gasteiger partial charge in [-0.15, -0.1) is 0 Å². The molecule has 1 rings (SSSR count). The number of pyridine rings is 1. The lowest BCUT2D eigenvalue weighted by molar-refractivity contribution is 0.0265. The summed E-state index contributed by atoms with van der Waals surface area (Å²) in [7, 11) is 0. The molecule has 0 fully saturated rings. The summed E-state index contributed by atoms with van der Waals surface area (Å²) in [4.78, 5) is 18.3. The quantitative estimate of drug-likeness (QED) is 0.778. The molecule has 0 spiro atoms. The highest BCUT2D eigenvalue weighted by atomic mass is 19.1. The van der Waals surface area contributed by atoms with Crippen LogP contribution in [0.5, 0.6) is 0 Å². The lowest BCUT2D eigenvalue weighted by Crippen LogP contribution is -2.55. The van der Waals surface area contributed by atoms with Crippen LogP contribution >= 0.6 is 0 Å². The Morgan fingerprint density at radius 2 is 1.63 bits per heavy atom. The molecule has 0 aliphatic carbocycles. The van der Waals surface area contributed by atoms with Gasteiger partial charge in [-0.2, -0.15) is 0 Å². The Labute approximate surface area is 114 Å². The van der Waals surface area contributed by atoms with E-state index >= 15 is 0 Å². The van der Waals surface area contributed by atoms with Crippen molar-refractivity contribution in [1.29, 1.82) is 0 Å². The van der Waals surface area contributed by atoms with E-state index in [1.165, 1.54) is 6.07 Å². The van der Waals surface area contributed by atoms with Crippen molar-refractivity contribution in [2.24, 2.45) is 0 Å². The molecule has 0 bridgehead atoms. The van der Waals surface area contributed by atoms with Crippen LogP contribution in [0.3, 0.4) is 0 Å². The molecule has 3 nitrogen and oxygen atoms in total. The van der Waals surface area contributed by atoms with Crippen molar-refractivity contribution < 1.29 is 9.18 Å². The lowest BCUT2D eigenvalue weighted by Gasteiger charge is -2.45. The number of rotatable bonds is 1. The molecule has 0 N–H and O–H groups in total. The SMILES string of the molecule is Cc1cc(C(=O)N(C(C)(C)C)C(C)(C)C)ncc1F. The average molecular weight is 266 g/mol. The molecule has 0 radical (unpaired) electrons. The second-order valence-corrected chi connectivity index (χ2v) is 6.80. The second kappa shape index (κ2) is 4.91. The summed E-state index contributed by atoms with van der Waals surface area (Å²) >= 11 is 0. The first kappa shape index (κ1) is 15.6. The number of amides is 1. The van der Waals surface area contributed by atoms with Gasteiger partial charge in [-0.05, 0) is 60.1 Å². The van der Waals surface area contributed by atoms with Gasteiger partial charge in [0.25, 0.3) is 5.91 Å². The topological polar surface area (TPSA) is 33.2 Å². The number of hydrogen-bond acceptors (Lipinski definition) is 2. The Bertz CT molecular complexity index is 470. The van der Waals surface area contributed by atoms with Crippen LogP contribution in [-0.4, -0.2) is 26.9 Å². The van der Waals surface area contributed by atoms with Gasteiger partial charge in [-0.1, -0.05) is 0 Å². The van der Waals surface area contributed by atoms with Gasteiger partial charge in [0, 0.05) is 11.1 Å². The molecule has 0 aliphatic rings. The number of halogens is 1. The molecule has 106 valence electrons. The molecule has 1 aromatic rings. The van der Waals surface area contributed by atoms with E-state index < -0.39 is 5.82 Å². The van der Waals surface area contributed by atoms with Crippen LogP contribution in [0, 0.1) is 12.7 Å². The molecule has 1 heterocycles. The lowest BCUT2D eigenvalue weighted by atomic mass is 9.95. The highest BCUT2D eigenvalue weighted by molar-refractivity contribution is 5.93. The summed E-state index contributed by atoms with van der Waals surface area (Å²) in [5, 5.41) is 0. The number of hydrogen-bond donors (Lipinski definition) is 0. The van der Waals surface area contributed by atoms with Gasteiger partial charge < -0.3 is 4.90 Å². The third kappa shape index (κ3) is 3.52. The van der Waals surface area contributed by atoms with Gasteiger partial charge in [0.05, 0.1) is 6.20 Å². The average Bonchev–Trinajstić information content (AvgIpc) is 2.17. The molecule has 1 aromatic heterocycles. The highest BCUT2D eigenvalue weighted by Crippen LogP contribution is 2.27. The van der Waals surface area contributed by atoms with Crippen molar-refractivity contribution in [3.8, 4) is 0 Å².